The highest BCUT2D eigenvalue weighted by molar-refractivity contribution is 8.03. The lowest BCUT2D eigenvalue weighted by Gasteiger charge is -1.84. The molecule has 0 fully saturated rings. The molecule has 0 saturated heterocycles. The summed E-state index contributed by atoms with van der Waals surface area (Å²) in [4.78, 5) is 0. The summed E-state index contributed by atoms with van der Waals surface area (Å²) in [5.74, 6) is 1.03. The molecule has 0 aliphatic heterocycles. The Balaban J connectivity index is 2.60. The third kappa shape index (κ3) is 6.06. The van der Waals surface area contributed by atoms with E-state index < -0.39 is 0 Å². The minimum absolute atomic E-state index is 1.03. The average molecular weight is 131 g/mol. The van der Waals surface area contributed by atoms with Crippen LogP contribution in [0.15, 0.2) is 0 Å². The van der Waals surface area contributed by atoms with E-state index in [1.165, 1.54) is 34.5 Å². The molecule has 7 heavy (non-hydrogen) atoms. The fourth-order valence-electron chi connectivity index (χ4n) is 0.262. The summed E-state index contributed by atoms with van der Waals surface area (Å²) in [6, 6.07) is 1.33. The Morgan fingerprint density at radius 2 is 2.43 bits per heavy atom. The van der Waals surface area contributed by atoms with Crippen LogP contribution in [-0.4, -0.2) is 16.0 Å². The molecule has 0 heterocycles. The number of thioether (sulfide) groups is 1. The van der Waals surface area contributed by atoms with Gasteiger partial charge in [-0.1, -0.05) is 6.04 Å². The molecule has 0 atom stereocenters. The van der Waals surface area contributed by atoms with Gasteiger partial charge in [-0.25, -0.2) is 0 Å². The first kappa shape index (κ1) is 7.06. The van der Waals surface area contributed by atoms with Crippen LogP contribution in [0.1, 0.15) is 6.42 Å². The lowest BCUT2D eigenvalue weighted by Crippen LogP contribution is -1.73. The Morgan fingerprint density at radius 3 is 2.86 bits per heavy atom. The number of nitrogens with zero attached hydrogens (tertiary/aromatic N) is 1. The van der Waals surface area contributed by atoms with Crippen molar-refractivity contribution in [3.63, 3.8) is 0 Å². The minimum atomic E-state index is 1.03. The summed E-state index contributed by atoms with van der Waals surface area (Å²) in [5, 5.41) is 10.1. The Kier molecular flexibility index (Phi) is 6.11. The maximum atomic E-state index is 8.02. The van der Waals surface area contributed by atoms with Gasteiger partial charge in [0.25, 0.3) is 0 Å². The molecule has 0 unspecified atom stereocenters. The maximum Gasteiger partial charge on any atom is 0.133 e. The van der Waals surface area contributed by atoms with E-state index in [9.17, 15) is 0 Å². The molecule has 0 N–H and O–H groups in total. The SMILES string of the molecule is N#CSCCC[SiH3]. The maximum absolute atomic E-state index is 8.02. The van der Waals surface area contributed by atoms with E-state index in [-0.39, 0.29) is 0 Å². The summed E-state index contributed by atoms with van der Waals surface area (Å²) < 4.78 is 0. The van der Waals surface area contributed by atoms with E-state index in [0.29, 0.717) is 0 Å². The molecular weight excluding hydrogens is 122 g/mol. The normalized spacial score (nSPS) is 8.43. The number of hydrogen-bond donors (Lipinski definition) is 0. The second-order valence-corrected chi connectivity index (χ2v) is 3.17. The van der Waals surface area contributed by atoms with Crippen LogP contribution >= 0.6 is 11.8 Å². The quantitative estimate of drug-likeness (QED) is 0.314. The van der Waals surface area contributed by atoms with Crippen molar-refractivity contribution in [1.29, 1.82) is 5.26 Å². The van der Waals surface area contributed by atoms with Gasteiger partial charge in [0, 0.05) is 16.0 Å². The molecular formula is C4H9NSSi. The molecule has 1 nitrogen and oxygen atoms in total. The van der Waals surface area contributed by atoms with E-state index in [0.717, 1.165) is 5.75 Å². The van der Waals surface area contributed by atoms with Gasteiger partial charge < -0.3 is 0 Å². The molecule has 0 aliphatic carbocycles. The van der Waals surface area contributed by atoms with Crippen molar-refractivity contribution in [1.82, 2.24) is 0 Å². The Morgan fingerprint density at radius 1 is 1.71 bits per heavy atom. The van der Waals surface area contributed by atoms with E-state index in [1.807, 2.05) is 5.40 Å². The van der Waals surface area contributed by atoms with Crippen LogP contribution in [0.25, 0.3) is 0 Å². The predicted octanol–water partition coefficient (Wildman–Crippen LogP) is 0.374. The predicted molar refractivity (Wildman–Crippen MR) is 37.4 cm³/mol. The third-order valence-electron chi connectivity index (χ3n) is 0.665. The fourth-order valence-corrected chi connectivity index (χ4v) is 1.65. The van der Waals surface area contributed by atoms with Crippen LogP contribution in [0.4, 0.5) is 0 Å². The zero-order chi connectivity index (χ0) is 5.54. The molecule has 0 aromatic carbocycles. The number of hydrogen-bond acceptors (Lipinski definition) is 2. The molecule has 0 rings (SSSR count). The Hall–Kier alpha value is 0.0569. The monoisotopic (exact) mass is 131 g/mol. The van der Waals surface area contributed by atoms with Gasteiger partial charge in [-0.3, -0.25) is 0 Å². The summed E-state index contributed by atoms with van der Waals surface area (Å²) >= 11 is 1.36. The summed E-state index contributed by atoms with van der Waals surface area (Å²) in [5.41, 5.74) is 0. The van der Waals surface area contributed by atoms with Crippen molar-refractivity contribution in [2.24, 2.45) is 0 Å². The van der Waals surface area contributed by atoms with Crippen LogP contribution in [0.3, 0.4) is 0 Å². The average Bonchev–Trinajstić information content (AvgIpc) is 1.69. The summed E-state index contributed by atoms with van der Waals surface area (Å²) in [7, 11) is 1.28. The van der Waals surface area contributed by atoms with E-state index in [4.69, 9.17) is 5.26 Å². The zero-order valence-corrected chi connectivity index (χ0v) is 7.29. The van der Waals surface area contributed by atoms with Gasteiger partial charge >= 0.3 is 0 Å². The molecule has 0 aromatic heterocycles. The van der Waals surface area contributed by atoms with Crippen molar-refractivity contribution in [2.75, 3.05) is 5.75 Å². The van der Waals surface area contributed by atoms with Gasteiger partial charge in [0.15, 0.2) is 0 Å². The second kappa shape index (κ2) is 6.06. The molecule has 0 aromatic rings. The molecule has 0 spiro atoms. The summed E-state index contributed by atoms with van der Waals surface area (Å²) in [6.45, 7) is 0. The highest BCUT2D eigenvalue weighted by Crippen LogP contribution is 1.99. The highest BCUT2D eigenvalue weighted by atomic mass is 32.2. The first-order valence-electron chi connectivity index (χ1n) is 2.42. The zero-order valence-electron chi connectivity index (χ0n) is 4.48. The van der Waals surface area contributed by atoms with Crippen molar-refractivity contribution in [2.45, 2.75) is 12.5 Å². The fraction of sp³-hybridized carbons (Fsp3) is 0.750. The van der Waals surface area contributed by atoms with Crippen LogP contribution in [-0.2, 0) is 0 Å². The van der Waals surface area contributed by atoms with Crippen LogP contribution in [0.2, 0.25) is 6.04 Å². The molecule has 3 heteroatoms. The van der Waals surface area contributed by atoms with E-state index in [2.05, 4.69) is 0 Å². The molecule has 40 valence electrons. The van der Waals surface area contributed by atoms with Gasteiger partial charge in [0.2, 0.25) is 0 Å². The van der Waals surface area contributed by atoms with Crippen LogP contribution < -0.4 is 0 Å². The topological polar surface area (TPSA) is 23.8 Å². The Labute approximate surface area is 51.5 Å². The number of thiocyanates is 1. The summed E-state index contributed by atoms with van der Waals surface area (Å²) in [6.07, 6.45) is 1.23. The van der Waals surface area contributed by atoms with Crippen LogP contribution in [0.5, 0.6) is 0 Å². The van der Waals surface area contributed by atoms with Gasteiger partial charge in [0.05, 0.1) is 0 Å². The lowest BCUT2D eigenvalue weighted by molar-refractivity contribution is 1.10. The standard InChI is InChI=1S/C4H9NSSi/c5-4-6-2-1-3-7/h1-3H2,7H3. The molecule has 0 saturated carbocycles. The number of nitriles is 1. The van der Waals surface area contributed by atoms with E-state index >= 15 is 0 Å². The minimum Gasteiger partial charge on any atom is -0.185 e. The lowest BCUT2D eigenvalue weighted by atomic mass is 10.6. The van der Waals surface area contributed by atoms with Gasteiger partial charge in [-0.2, -0.15) is 5.26 Å². The van der Waals surface area contributed by atoms with Crippen LogP contribution in [0, 0.1) is 10.7 Å². The smallest absolute Gasteiger partial charge is 0.133 e. The van der Waals surface area contributed by atoms with Crippen molar-refractivity contribution >= 4 is 22.0 Å². The first-order chi connectivity index (χ1) is 3.41. The second-order valence-electron chi connectivity index (χ2n) is 1.29. The van der Waals surface area contributed by atoms with Gasteiger partial charge in [-0.05, 0) is 18.2 Å². The van der Waals surface area contributed by atoms with Crippen molar-refractivity contribution < 1.29 is 0 Å². The van der Waals surface area contributed by atoms with Crippen molar-refractivity contribution in [3.05, 3.63) is 0 Å². The number of rotatable bonds is 3. The molecule has 0 radical (unpaired) electrons. The van der Waals surface area contributed by atoms with Gasteiger partial charge in [-0.15, -0.1) is 0 Å². The van der Waals surface area contributed by atoms with E-state index in [1.54, 1.807) is 0 Å². The molecule has 0 aliphatic rings. The Bertz CT molecular complexity index is 68.6. The molecule has 0 amide bonds. The molecule has 0 bridgehead atoms. The first-order valence-corrected chi connectivity index (χ1v) is 4.82. The largest absolute Gasteiger partial charge is 0.185 e. The van der Waals surface area contributed by atoms with Crippen molar-refractivity contribution in [3.8, 4) is 5.40 Å². The third-order valence-corrected chi connectivity index (χ3v) is 1.99. The highest BCUT2D eigenvalue weighted by Gasteiger charge is 1.80. The van der Waals surface area contributed by atoms with Gasteiger partial charge in [0.1, 0.15) is 5.40 Å².